The van der Waals surface area contributed by atoms with Crippen LogP contribution in [0.1, 0.15) is 25.8 Å². The highest BCUT2D eigenvalue weighted by molar-refractivity contribution is 5.30. The van der Waals surface area contributed by atoms with E-state index in [1.165, 1.54) is 5.56 Å². The number of ether oxygens (including phenoxy) is 1. The van der Waals surface area contributed by atoms with Gasteiger partial charge < -0.3 is 4.74 Å². The SMILES string of the molecule is C[CH]c1ccc(OCCC)cc1. The van der Waals surface area contributed by atoms with Crippen LogP contribution in [0.2, 0.25) is 0 Å². The van der Waals surface area contributed by atoms with E-state index >= 15 is 0 Å². The Morgan fingerprint density at radius 3 is 2.42 bits per heavy atom. The molecular formula is C11H15O. The molecule has 0 aliphatic rings. The second-order valence-corrected chi connectivity index (χ2v) is 2.71. The molecule has 1 rings (SSSR count). The van der Waals surface area contributed by atoms with Gasteiger partial charge in [-0.25, -0.2) is 0 Å². The predicted octanol–water partition coefficient (Wildman–Crippen LogP) is 3.05. The standard InChI is InChI=1S/C11H15O/c1-3-9-12-11-7-5-10(4-2)6-8-11/h4-8H,3,9H2,1-2H3. The topological polar surface area (TPSA) is 9.23 Å². The van der Waals surface area contributed by atoms with Gasteiger partial charge in [0.05, 0.1) is 6.61 Å². The fraction of sp³-hybridized carbons (Fsp3) is 0.364. The maximum Gasteiger partial charge on any atom is 0.119 e. The summed E-state index contributed by atoms with van der Waals surface area (Å²) >= 11 is 0. The Morgan fingerprint density at radius 1 is 1.25 bits per heavy atom. The summed E-state index contributed by atoms with van der Waals surface area (Å²) in [6.07, 6.45) is 3.13. The summed E-state index contributed by atoms with van der Waals surface area (Å²) in [6, 6.07) is 8.13. The molecular weight excluding hydrogens is 148 g/mol. The summed E-state index contributed by atoms with van der Waals surface area (Å²) < 4.78 is 5.44. The highest BCUT2D eigenvalue weighted by atomic mass is 16.5. The van der Waals surface area contributed by atoms with Crippen molar-refractivity contribution in [3.63, 3.8) is 0 Å². The van der Waals surface area contributed by atoms with Crippen LogP contribution >= 0.6 is 0 Å². The first-order valence-electron chi connectivity index (χ1n) is 4.39. The van der Waals surface area contributed by atoms with Gasteiger partial charge in [0.2, 0.25) is 0 Å². The highest BCUT2D eigenvalue weighted by Gasteiger charge is 1.92. The van der Waals surface area contributed by atoms with Crippen LogP contribution in [-0.4, -0.2) is 6.61 Å². The maximum absolute atomic E-state index is 5.44. The lowest BCUT2D eigenvalue weighted by Crippen LogP contribution is -1.94. The number of rotatable bonds is 4. The summed E-state index contributed by atoms with van der Waals surface area (Å²) in [5.74, 6) is 0.961. The van der Waals surface area contributed by atoms with Gasteiger partial charge in [-0.3, -0.25) is 0 Å². The average molecular weight is 163 g/mol. The molecule has 0 bridgehead atoms. The smallest absolute Gasteiger partial charge is 0.119 e. The zero-order valence-corrected chi connectivity index (χ0v) is 7.71. The second-order valence-electron chi connectivity index (χ2n) is 2.71. The molecule has 0 atom stereocenters. The molecule has 0 unspecified atom stereocenters. The third-order valence-electron chi connectivity index (χ3n) is 1.69. The van der Waals surface area contributed by atoms with Gasteiger partial charge in [0, 0.05) is 0 Å². The van der Waals surface area contributed by atoms with Crippen LogP contribution in [0.15, 0.2) is 24.3 Å². The Labute approximate surface area is 74.4 Å². The lowest BCUT2D eigenvalue weighted by Gasteiger charge is -2.04. The van der Waals surface area contributed by atoms with Gasteiger partial charge in [-0.05, 0) is 30.5 Å². The van der Waals surface area contributed by atoms with Crippen LogP contribution in [0.4, 0.5) is 0 Å². The third kappa shape index (κ3) is 2.57. The minimum Gasteiger partial charge on any atom is -0.494 e. The van der Waals surface area contributed by atoms with Gasteiger partial charge in [-0.1, -0.05) is 26.0 Å². The minimum atomic E-state index is 0.801. The number of hydrogen-bond donors (Lipinski definition) is 0. The molecule has 0 aliphatic carbocycles. The summed E-state index contributed by atoms with van der Waals surface area (Å²) in [5, 5.41) is 0. The highest BCUT2D eigenvalue weighted by Crippen LogP contribution is 2.12. The number of hydrogen-bond acceptors (Lipinski definition) is 1. The first-order chi connectivity index (χ1) is 5.86. The van der Waals surface area contributed by atoms with Crippen LogP contribution in [0.25, 0.3) is 0 Å². The Kier molecular flexibility index (Phi) is 3.65. The Bertz CT molecular complexity index is 213. The first kappa shape index (κ1) is 9.11. The van der Waals surface area contributed by atoms with Crippen molar-refractivity contribution in [1.82, 2.24) is 0 Å². The van der Waals surface area contributed by atoms with Crippen molar-refractivity contribution in [3.05, 3.63) is 36.2 Å². The molecule has 1 radical (unpaired) electrons. The van der Waals surface area contributed by atoms with E-state index in [0.29, 0.717) is 0 Å². The molecule has 0 aromatic heterocycles. The van der Waals surface area contributed by atoms with Crippen molar-refractivity contribution >= 4 is 0 Å². The van der Waals surface area contributed by atoms with E-state index in [1.807, 2.05) is 19.1 Å². The fourth-order valence-electron chi connectivity index (χ4n) is 0.976. The summed E-state index contributed by atoms with van der Waals surface area (Å²) in [6.45, 7) is 4.94. The molecule has 0 saturated heterocycles. The van der Waals surface area contributed by atoms with Crippen molar-refractivity contribution in [2.45, 2.75) is 20.3 Å². The zero-order chi connectivity index (χ0) is 8.81. The summed E-state index contributed by atoms with van der Waals surface area (Å²) in [5.41, 5.74) is 1.24. The maximum atomic E-state index is 5.44. The molecule has 65 valence electrons. The van der Waals surface area contributed by atoms with E-state index < -0.39 is 0 Å². The first-order valence-corrected chi connectivity index (χ1v) is 4.39. The Morgan fingerprint density at radius 2 is 1.92 bits per heavy atom. The molecule has 1 aromatic rings. The van der Waals surface area contributed by atoms with Crippen molar-refractivity contribution < 1.29 is 4.74 Å². The van der Waals surface area contributed by atoms with Gasteiger partial charge in [-0.15, -0.1) is 0 Å². The molecule has 0 saturated carbocycles. The Balaban J connectivity index is 2.53. The minimum absolute atomic E-state index is 0.801. The van der Waals surface area contributed by atoms with E-state index in [0.717, 1.165) is 18.8 Å². The molecule has 0 fully saturated rings. The summed E-state index contributed by atoms with van der Waals surface area (Å²) in [7, 11) is 0. The van der Waals surface area contributed by atoms with Crippen molar-refractivity contribution in [2.75, 3.05) is 6.61 Å². The largest absolute Gasteiger partial charge is 0.494 e. The van der Waals surface area contributed by atoms with Crippen molar-refractivity contribution in [3.8, 4) is 5.75 Å². The van der Waals surface area contributed by atoms with Gasteiger partial charge in [0.25, 0.3) is 0 Å². The van der Waals surface area contributed by atoms with E-state index in [1.54, 1.807) is 0 Å². The van der Waals surface area contributed by atoms with E-state index in [2.05, 4.69) is 25.5 Å². The lowest BCUT2D eigenvalue weighted by molar-refractivity contribution is 0.317. The van der Waals surface area contributed by atoms with E-state index in [4.69, 9.17) is 4.74 Å². The monoisotopic (exact) mass is 163 g/mol. The molecule has 1 aromatic carbocycles. The quantitative estimate of drug-likeness (QED) is 0.663. The number of benzene rings is 1. The molecule has 0 N–H and O–H groups in total. The van der Waals surface area contributed by atoms with Crippen LogP contribution in [0.3, 0.4) is 0 Å². The van der Waals surface area contributed by atoms with Gasteiger partial charge in [-0.2, -0.15) is 0 Å². The van der Waals surface area contributed by atoms with Gasteiger partial charge in [0.1, 0.15) is 5.75 Å². The van der Waals surface area contributed by atoms with Gasteiger partial charge >= 0.3 is 0 Å². The molecule has 0 heterocycles. The van der Waals surface area contributed by atoms with Crippen LogP contribution in [-0.2, 0) is 0 Å². The molecule has 1 nitrogen and oxygen atoms in total. The predicted molar refractivity (Wildman–Crippen MR) is 51.3 cm³/mol. The van der Waals surface area contributed by atoms with Gasteiger partial charge in [0.15, 0.2) is 0 Å². The average Bonchev–Trinajstić information content (AvgIpc) is 2.15. The van der Waals surface area contributed by atoms with Crippen LogP contribution in [0, 0.1) is 6.42 Å². The third-order valence-corrected chi connectivity index (χ3v) is 1.69. The summed E-state index contributed by atoms with van der Waals surface area (Å²) in [4.78, 5) is 0. The molecule has 0 aliphatic heterocycles. The molecule has 12 heavy (non-hydrogen) atoms. The Hall–Kier alpha value is -0.980. The normalized spacial score (nSPS) is 9.83. The van der Waals surface area contributed by atoms with E-state index in [9.17, 15) is 0 Å². The van der Waals surface area contributed by atoms with Crippen molar-refractivity contribution in [1.29, 1.82) is 0 Å². The van der Waals surface area contributed by atoms with Crippen LogP contribution < -0.4 is 4.74 Å². The molecule has 0 spiro atoms. The van der Waals surface area contributed by atoms with Crippen LogP contribution in [0.5, 0.6) is 5.75 Å². The lowest BCUT2D eigenvalue weighted by atomic mass is 10.2. The molecule has 1 heteroatoms. The van der Waals surface area contributed by atoms with E-state index in [-0.39, 0.29) is 0 Å². The molecule has 0 amide bonds. The van der Waals surface area contributed by atoms with Crippen molar-refractivity contribution in [2.24, 2.45) is 0 Å². The zero-order valence-electron chi connectivity index (χ0n) is 7.71. The fourth-order valence-corrected chi connectivity index (χ4v) is 0.976. The second kappa shape index (κ2) is 4.81.